The smallest absolute Gasteiger partial charge is 0.245 e. The van der Waals surface area contributed by atoms with Gasteiger partial charge in [-0.1, -0.05) is 18.2 Å². The normalized spacial score (nSPS) is 13.6. The number of carbonyl (C=O) groups is 1. The summed E-state index contributed by atoms with van der Waals surface area (Å²) in [6.07, 6.45) is 5.09. The second-order valence-corrected chi connectivity index (χ2v) is 9.34. The van der Waals surface area contributed by atoms with Crippen molar-refractivity contribution in [2.45, 2.75) is 6.42 Å². The molecule has 2 aromatic carbocycles. The molecule has 3 aromatic heterocycles. The number of hydrogen-bond donors (Lipinski definition) is 1. The number of para-hydroxylation sites is 1. The highest BCUT2D eigenvalue weighted by Crippen LogP contribution is 2.24. The summed E-state index contributed by atoms with van der Waals surface area (Å²) >= 11 is 0. The number of carbonyl (C=O) groups excluding carboxylic acids is 1. The van der Waals surface area contributed by atoms with Crippen molar-refractivity contribution in [1.29, 1.82) is 0 Å². The van der Waals surface area contributed by atoms with Gasteiger partial charge in [0.05, 0.1) is 19.7 Å². The first-order valence-corrected chi connectivity index (χ1v) is 12.7. The maximum Gasteiger partial charge on any atom is 0.245 e. The summed E-state index contributed by atoms with van der Waals surface area (Å²) in [5.41, 5.74) is 1.51. The van der Waals surface area contributed by atoms with Gasteiger partial charge in [-0.3, -0.25) is 4.79 Å². The van der Waals surface area contributed by atoms with Crippen molar-refractivity contribution in [3.63, 3.8) is 0 Å². The molecular formula is C28H26F2N8O2. The van der Waals surface area contributed by atoms with Gasteiger partial charge < -0.3 is 24.4 Å². The average Bonchev–Trinajstić information content (AvgIpc) is 3.65. The molecule has 1 aliphatic rings. The fourth-order valence-corrected chi connectivity index (χ4v) is 4.68. The van der Waals surface area contributed by atoms with Crippen molar-refractivity contribution in [3.05, 3.63) is 90.5 Å². The number of halogens is 2. The monoisotopic (exact) mass is 544 g/mol. The number of amides is 1. The molecule has 4 heterocycles. The van der Waals surface area contributed by atoms with E-state index >= 15 is 0 Å². The molecule has 12 heteroatoms. The van der Waals surface area contributed by atoms with Gasteiger partial charge in [0.2, 0.25) is 11.9 Å². The Hall–Kier alpha value is -5.00. The quantitative estimate of drug-likeness (QED) is 0.333. The molecule has 1 amide bonds. The largest absolute Gasteiger partial charge is 0.497 e. The Morgan fingerprint density at radius 1 is 1.02 bits per heavy atom. The van der Waals surface area contributed by atoms with E-state index in [2.05, 4.69) is 15.4 Å². The lowest BCUT2D eigenvalue weighted by molar-refractivity contribution is -0.130. The first-order chi connectivity index (χ1) is 19.5. The Kier molecular flexibility index (Phi) is 6.72. The van der Waals surface area contributed by atoms with Crippen LogP contribution in [0, 0.1) is 11.6 Å². The van der Waals surface area contributed by atoms with E-state index in [0.29, 0.717) is 43.8 Å². The number of rotatable bonds is 7. The molecule has 0 radical (unpaired) electrons. The van der Waals surface area contributed by atoms with Crippen LogP contribution in [0.25, 0.3) is 11.2 Å². The lowest BCUT2D eigenvalue weighted by atomic mass is 10.1. The van der Waals surface area contributed by atoms with E-state index in [1.807, 2.05) is 64.3 Å². The summed E-state index contributed by atoms with van der Waals surface area (Å²) in [5.74, 6) is -0.161. The number of ether oxygens (including phenoxy) is 1. The van der Waals surface area contributed by atoms with Crippen LogP contribution in [0.15, 0.2) is 73.3 Å². The van der Waals surface area contributed by atoms with Crippen molar-refractivity contribution in [1.82, 2.24) is 29.0 Å². The molecule has 0 saturated carbocycles. The third-order valence-corrected chi connectivity index (χ3v) is 6.86. The van der Waals surface area contributed by atoms with Gasteiger partial charge >= 0.3 is 0 Å². The molecule has 1 saturated heterocycles. The predicted molar refractivity (Wildman–Crippen MR) is 145 cm³/mol. The van der Waals surface area contributed by atoms with Crippen LogP contribution in [0.2, 0.25) is 0 Å². The van der Waals surface area contributed by atoms with E-state index < -0.39 is 11.6 Å². The third-order valence-electron chi connectivity index (χ3n) is 6.86. The molecule has 1 aliphatic heterocycles. The first-order valence-electron chi connectivity index (χ1n) is 12.7. The summed E-state index contributed by atoms with van der Waals surface area (Å²) in [4.78, 5) is 25.7. The van der Waals surface area contributed by atoms with Gasteiger partial charge in [0.15, 0.2) is 5.82 Å². The molecule has 0 spiro atoms. The van der Waals surface area contributed by atoms with Crippen LogP contribution in [-0.2, 0) is 11.2 Å². The van der Waals surface area contributed by atoms with Gasteiger partial charge in [-0.25, -0.2) is 18.3 Å². The van der Waals surface area contributed by atoms with Crippen LogP contribution < -0.4 is 15.0 Å². The molecule has 6 rings (SSSR count). The number of benzene rings is 2. The summed E-state index contributed by atoms with van der Waals surface area (Å²) in [5, 5.41) is 7.94. The Balaban J connectivity index is 1.15. The second kappa shape index (κ2) is 10.6. The summed E-state index contributed by atoms with van der Waals surface area (Å²) < 4.78 is 37.3. The van der Waals surface area contributed by atoms with Crippen LogP contribution in [0.4, 0.5) is 26.4 Å². The number of hydrogen-bond acceptors (Lipinski definition) is 7. The maximum atomic E-state index is 14.4. The van der Waals surface area contributed by atoms with Crippen molar-refractivity contribution in [2.75, 3.05) is 43.5 Å². The highest BCUT2D eigenvalue weighted by molar-refractivity contribution is 5.79. The number of fused-ring (bicyclic) bond motifs is 1. The van der Waals surface area contributed by atoms with E-state index in [1.54, 1.807) is 15.7 Å². The minimum Gasteiger partial charge on any atom is -0.497 e. The number of nitrogens with one attached hydrogen (secondary N) is 1. The van der Waals surface area contributed by atoms with Gasteiger partial charge in [0.1, 0.15) is 35.0 Å². The van der Waals surface area contributed by atoms with Gasteiger partial charge in [-0.15, -0.1) is 5.10 Å². The Morgan fingerprint density at radius 3 is 2.50 bits per heavy atom. The molecule has 1 N–H and O–H groups in total. The molecule has 0 unspecified atom stereocenters. The van der Waals surface area contributed by atoms with Gasteiger partial charge in [0, 0.05) is 55.8 Å². The molecule has 40 heavy (non-hydrogen) atoms. The number of imidazole rings is 1. The number of aromatic nitrogens is 5. The lowest BCUT2D eigenvalue weighted by Crippen LogP contribution is -2.49. The molecule has 0 bridgehead atoms. The minimum absolute atomic E-state index is 0.0675. The molecule has 1 fully saturated rings. The van der Waals surface area contributed by atoms with E-state index in [4.69, 9.17) is 9.72 Å². The standard InChI is InChI=1S/C28H26F2N8O2/c1-40-20-14-22(29)21(23(30)15-20)16-26(39)35-10-12-36(13-11-35)28-33-27(24-8-5-9-38(24)34-28)32-25-17-37(18-31-25)19-6-3-2-4-7-19/h2-9,14-15,17-18H,10-13,16H2,1H3,(H,32,33,34). The number of nitrogens with zero attached hydrogens (tertiary/aromatic N) is 7. The third kappa shape index (κ3) is 5.03. The van der Waals surface area contributed by atoms with Crippen LogP contribution in [0.5, 0.6) is 5.75 Å². The fraction of sp³-hybridized carbons (Fsp3) is 0.214. The SMILES string of the molecule is COc1cc(F)c(CC(=O)N2CCN(c3nc(Nc4cn(-c5ccccc5)cn4)c4cccn4n3)CC2)c(F)c1. The summed E-state index contributed by atoms with van der Waals surface area (Å²) in [6.45, 7) is 1.67. The number of methoxy groups -OCH3 is 1. The zero-order valence-corrected chi connectivity index (χ0v) is 21.7. The Labute approximate surface area is 228 Å². The highest BCUT2D eigenvalue weighted by Gasteiger charge is 2.26. The number of anilines is 3. The molecule has 10 nitrogen and oxygen atoms in total. The predicted octanol–water partition coefficient (Wildman–Crippen LogP) is 3.84. The van der Waals surface area contributed by atoms with Gasteiger partial charge in [-0.05, 0) is 24.3 Å². The molecule has 204 valence electrons. The molecule has 0 atom stereocenters. The number of piperazine rings is 1. The topological polar surface area (TPSA) is 92.8 Å². The molecule has 5 aromatic rings. The van der Waals surface area contributed by atoms with Crippen molar-refractivity contribution < 1.29 is 18.3 Å². The Bertz CT molecular complexity index is 1640. The van der Waals surface area contributed by atoms with Gasteiger partial charge in [-0.2, -0.15) is 4.98 Å². The highest BCUT2D eigenvalue weighted by atomic mass is 19.1. The lowest BCUT2D eigenvalue weighted by Gasteiger charge is -2.35. The summed E-state index contributed by atoms with van der Waals surface area (Å²) in [6, 6.07) is 15.8. The van der Waals surface area contributed by atoms with Crippen molar-refractivity contribution in [3.8, 4) is 11.4 Å². The Morgan fingerprint density at radius 2 is 1.77 bits per heavy atom. The van der Waals surface area contributed by atoms with Crippen LogP contribution >= 0.6 is 0 Å². The van der Waals surface area contributed by atoms with E-state index in [1.165, 1.54) is 7.11 Å². The summed E-state index contributed by atoms with van der Waals surface area (Å²) in [7, 11) is 1.33. The zero-order chi connectivity index (χ0) is 27.6. The van der Waals surface area contributed by atoms with Gasteiger partial charge in [0.25, 0.3) is 0 Å². The minimum atomic E-state index is -0.800. The second-order valence-electron chi connectivity index (χ2n) is 9.34. The first kappa shape index (κ1) is 25.3. The van der Waals surface area contributed by atoms with Crippen LogP contribution in [0.3, 0.4) is 0 Å². The average molecular weight is 545 g/mol. The zero-order valence-electron chi connectivity index (χ0n) is 21.7. The maximum absolute atomic E-state index is 14.4. The molecular weight excluding hydrogens is 518 g/mol. The van der Waals surface area contributed by atoms with Crippen LogP contribution in [0.1, 0.15) is 5.56 Å². The molecule has 0 aliphatic carbocycles. The van der Waals surface area contributed by atoms with Crippen molar-refractivity contribution in [2.24, 2.45) is 0 Å². The van der Waals surface area contributed by atoms with Crippen molar-refractivity contribution >= 4 is 29.0 Å². The van der Waals surface area contributed by atoms with E-state index in [9.17, 15) is 13.6 Å². The fourth-order valence-electron chi connectivity index (χ4n) is 4.68. The van der Waals surface area contributed by atoms with Crippen LogP contribution in [-0.4, -0.2) is 68.2 Å². The van der Waals surface area contributed by atoms with E-state index in [0.717, 1.165) is 23.3 Å². The van der Waals surface area contributed by atoms with E-state index in [-0.39, 0.29) is 23.6 Å².